The summed E-state index contributed by atoms with van der Waals surface area (Å²) < 4.78 is 5.71. The molecule has 21 heavy (non-hydrogen) atoms. The SMILES string of the molecule is Cc1nccc(C(=O)N[C@H]2CCCOc3ccccc32)n1. The summed E-state index contributed by atoms with van der Waals surface area (Å²) >= 11 is 0. The van der Waals surface area contributed by atoms with E-state index in [1.807, 2.05) is 24.3 Å². The Morgan fingerprint density at radius 3 is 3.05 bits per heavy atom. The molecule has 1 N–H and O–H groups in total. The average Bonchev–Trinajstić information content (AvgIpc) is 2.70. The minimum absolute atomic E-state index is 0.0496. The molecule has 0 aliphatic carbocycles. The van der Waals surface area contributed by atoms with E-state index >= 15 is 0 Å². The molecule has 1 aromatic heterocycles. The monoisotopic (exact) mass is 283 g/mol. The van der Waals surface area contributed by atoms with Crippen LogP contribution in [0, 0.1) is 6.92 Å². The topological polar surface area (TPSA) is 64.1 Å². The van der Waals surface area contributed by atoms with E-state index < -0.39 is 0 Å². The molecule has 0 fully saturated rings. The van der Waals surface area contributed by atoms with Crippen molar-refractivity contribution in [2.24, 2.45) is 0 Å². The van der Waals surface area contributed by atoms with Gasteiger partial charge < -0.3 is 10.1 Å². The van der Waals surface area contributed by atoms with E-state index in [0.717, 1.165) is 24.2 Å². The zero-order valence-electron chi connectivity index (χ0n) is 11.9. The van der Waals surface area contributed by atoms with Crippen molar-refractivity contribution >= 4 is 5.91 Å². The highest BCUT2D eigenvalue weighted by Crippen LogP contribution is 2.31. The highest BCUT2D eigenvalue weighted by atomic mass is 16.5. The van der Waals surface area contributed by atoms with Gasteiger partial charge in [-0.25, -0.2) is 9.97 Å². The first-order chi connectivity index (χ1) is 10.2. The first-order valence-corrected chi connectivity index (χ1v) is 7.06. The van der Waals surface area contributed by atoms with E-state index in [0.29, 0.717) is 18.1 Å². The summed E-state index contributed by atoms with van der Waals surface area (Å²) in [6, 6.07) is 9.41. The van der Waals surface area contributed by atoms with Crippen LogP contribution in [0.3, 0.4) is 0 Å². The number of hydrogen-bond donors (Lipinski definition) is 1. The van der Waals surface area contributed by atoms with E-state index in [2.05, 4.69) is 15.3 Å². The Labute approximate surface area is 123 Å². The number of nitrogens with one attached hydrogen (secondary N) is 1. The van der Waals surface area contributed by atoms with Crippen LogP contribution in [-0.4, -0.2) is 22.5 Å². The largest absolute Gasteiger partial charge is 0.493 e. The van der Waals surface area contributed by atoms with Crippen LogP contribution in [0.2, 0.25) is 0 Å². The van der Waals surface area contributed by atoms with Crippen molar-refractivity contribution in [3.63, 3.8) is 0 Å². The third-order valence-corrected chi connectivity index (χ3v) is 3.50. The summed E-state index contributed by atoms with van der Waals surface area (Å²) in [7, 11) is 0. The molecule has 5 nitrogen and oxygen atoms in total. The number of aryl methyl sites for hydroxylation is 1. The van der Waals surface area contributed by atoms with Crippen LogP contribution in [0.15, 0.2) is 36.5 Å². The summed E-state index contributed by atoms with van der Waals surface area (Å²) in [5.74, 6) is 1.26. The Bertz CT molecular complexity index is 657. The van der Waals surface area contributed by atoms with Crippen LogP contribution < -0.4 is 10.1 Å². The van der Waals surface area contributed by atoms with Gasteiger partial charge in [0, 0.05) is 11.8 Å². The average molecular weight is 283 g/mol. The number of para-hydroxylation sites is 1. The van der Waals surface area contributed by atoms with E-state index in [1.165, 1.54) is 0 Å². The summed E-state index contributed by atoms with van der Waals surface area (Å²) in [5, 5.41) is 3.05. The summed E-state index contributed by atoms with van der Waals surface area (Å²) in [5.41, 5.74) is 1.42. The molecule has 1 amide bonds. The number of amides is 1. The Morgan fingerprint density at radius 1 is 1.33 bits per heavy atom. The highest BCUT2D eigenvalue weighted by Gasteiger charge is 2.22. The maximum absolute atomic E-state index is 12.3. The Morgan fingerprint density at radius 2 is 2.19 bits per heavy atom. The van der Waals surface area contributed by atoms with Gasteiger partial charge in [0.2, 0.25) is 0 Å². The standard InChI is InChI=1S/C16H17N3O2/c1-11-17-9-8-14(18-11)16(20)19-13-6-4-10-21-15-7-3-2-5-12(13)15/h2-3,5,7-9,13H,4,6,10H2,1H3,(H,19,20)/t13-/m0/s1. The second-order valence-electron chi connectivity index (χ2n) is 5.04. The summed E-state index contributed by atoms with van der Waals surface area (Å²) in [4.78, 5) is 20.5. The molecule has 1 aromatic carbocycles. The van der Waals surface area contributed by atoms with Gasteiger partial charge >= 0.3 is 0 Å². The maximum Gasteiger partial charge on any atom is 0.270 e. The number of benzene rings is 1. The molecule has 5 heteroatoms. The van der Waals surface area contributed by atoms with Gasteiger partial charge in [-0.3, -0.25) is 4.79 Å². The van der Waals surface area contributed by atoms with Crippen molar-refractivity contribution in [2.45, 2.75) is 25.8 Å². The molecule has 1 atom stereocenters. The van der Waals surface area contributed by atoms with Crippen molar-refractivity contribution < 1.29 is 9.53 Å². The van der Waals surface area contributed by atoms with Crippen molar-refractivity contribution in [2.75, 3.05) is 6.61 Å². The van der Waals surface area contributed by atoms with Crippen LogP contribution >= 0.6 is 0 Å². The van der Waals surface area contributed by atoms with Gasteiger partial charge in [0.05, 0.1) is 12.6 Å². The fraction of sp³-hybridized carbons (Fsp3) is 0.312. The lowest BCUT2D eigenvalue weighted by Crippen LogP contribution is -2.29. The molecule has 0 spiro atoms. The zero-order chi connectivity index (χ0) is 14.7. The maximum atomic E-state index is 12.3. The molecule has 2 heterocycles. The number of fused-ring (bicyclic) bond motifs is 1. The number of ether oxygens (including phenoxy) is 1. The van der Waals surface area contributed by atoms with Gasteiger partial charge in [0.15, 0.2) is 0 Å². The third-order valence-electron chi connectivity index (χ3n) is 3.50. The molecule has 2 aromatic rings. The first-order valence-electron chi connectivity index (χ1n) is 7.06. The Balaban J connectivity index is 1.83. The number of rotatable bonds is 2. The second-order valence-corrected chi connectivity index (χ2v) is 5.04. The van der Waals surface area contributed by atoms with E-state index in [4.69, 9.17) is 4.74 Å². The van der Waals surface area contributed by atoms with E-state index in [-0.39, 0.29) is 11.9 Å². The quantitative estimate of drug-likeness (QED) is 0.919. The van der Waals surface area contributed by atoms with Gasteiger partial charge in [0.1, 0.15) is 17.3 Å². The normalized spacial score (nSPS) is 17.3. The molecular weight excluding hydrogens is 266 g/mol. The van der Waals surface area contributed by atoms with Crippen LogP contribution in [0.4, 0.5) is 0 Å². The molecule has 0 bridgehead atoms. The third kappa shape index (κ3) is 3.02. The smallest absolute Gasteiger partial charge is 0.270 e. The lowest BCUT2D eigenvalue weighted by atomic mass is 10.0. The summed E-state index contributed by atoms with van der Waals surface area (Å²) in [6.45, 7) is 2.45. The minimum atomic E-state index is -0.179. The number of hydrogen-bond acceptors (Lipinski definition) is 4. The number of nitrogens with zero attached hydrogens (tertiary/aromatic N) is 2. The molecule has 0 saturated heterocycles. The van der Waals surface area contributed by atoms with E-state index in [1.54, 1.807) is 19.2 Å². The molecule has 0 saturated carbocycles. The van der Waals surface area contributed by atoms with Gasteiger partial charge in [0.25, 0.3) is 5.91 Å². The van der Waals surface area contributed by atoms with Crippen LogP contribution in [0.5, 0.6) is 5.75 Å². The van der Waals surface area contributed by atoms with Crippen LogP contribution in [0.1, 0.15) is 40.8 Å². The molecule has 1 aliphatic rings. The van der Waals surface area contributed by atoms with Crippen molar-refractivity contribution in [1.29, 1.82) is 0 Å². The zero-order valence-corrected chi connectivity index (χ0v) is 11.9. The van der Waals surface area contributed by atoms with E-state index in [9.17, 15) is 4.79 Å². The van der Waals surface area contributed by atoms with Crippen LogP contribution in [0.25, 0.3) is 0 Å². The molecular formula is C16H17N3O2. The lowest BCUT2D eigenvalue weighted by Gasteiger charge is -2.18. The summed E-state index contributed by atoms with van der Waals surface area (Å²) in [6.07, 6.45) is 3.36. The minimum Gasteiger partial charge on any atom is -0.493 e. The highest BCUT2D eigenvalue weighted by molar-refractivity contribution is 5.92. The number of aromatic nitrogens is 2. The predicted molar refractivity (Wildman–Crippen MR) is 78.1 cm³/mol. The second kappa shape index (κ2) is 5.91. The van der Waals surface area contributed by atoms with Crippen molar-refractivity contribution in [3.8, 4) is 5.75 Å². The fourth-order valence-electron chi connectivity index (χ4n) is 2.49. The Hall–Kier alpha value is -2.43. The molecule has 108 valence electrons. The van der Waals surface area contributed by atoms with Gasteiger partial charge in [-0.1, -0.05) is 18.2 Å². The molecule has 3 rings (SSSR count). The fourth-order valence-corrected chi connectivity index (χ4v) is 2.49. The molecule has 1 aliphatic heterocycles. The molecule has 0 unspecified atom stereocenters. The Kier molecular flexibility index (Phi) is 3.81. The lowest BCUT2D eigenvalue weighted by molar-refractivity contribution is 0.0929. The number of carbonyl (C=O) groups excluding carboxylic acids is 1. The molecule has 0 radical (unpaired) electrons. The number of carbonyl (C=O) groups is 1. The van der Waals surface area contributed by atoms with Gasteiger partial charge in [-0.05, 0) is 31.9 Å². The van der Waals surface area contributed by atoms with Gasteiger partial charge in [-0.15, -0.1) is 0 Å². The first kappa shape index (κ1) is 13.5. The van der Waals surface area contributed by atoms with Crippen molar-refractivity contribution in [1.82, 2.24) is 15.3 Å². The predicted octanol–water partition coefficient (Wildman–Crippen LogP) is 2.43. The van der Waals surface area contributed by atoms with Crippen LogP contribution in [-0.2, 0) is 0 Å². The van der Waals surface area contributed by atoms with Crippen molar-refractivity contribution in [3.05, 3.63) is 53.6 Å². The van der Waals surface area contributed by atoms with Gasteiger partial charge in [-0.2, -0.15) is 0 Å².